The number of likely N-dealkylation sites (tertiary alicyclic amines) is 1. The van der Waals surface area contributed by atoms with Crippen LogP contribution in [0, 0.1) is 0 Å². The van der Waals surface area contributed by atoms with Crippen LogP contribution in [-0.4, -0.2) is 55.5 Å². The van der Waals surface area contributed by atoms with Crippen LogP contribution in [0.5, 0.6) is 0 Å². The van der Waals surface area contributed by atoms with Crippen LogP contribution >= 0.6 is 0 Å². The summed E-state index contributed by atoms with van der Waals surface area (Å²) in [5, 5.41) is 0. The molecule has 70 valence electrons. The summed E-state index contributed by atoms with van der Waals surface area (Å²) >= 11 is 0. The minimum absolute atomic E-state index is 0.649. The van der Waals surface area contributed by atoms with Crippen molar-refractivity contribution in [2.75, 3.05) is 33.7 Å². The lowest BCUT2D eigenvalue weighted by Gasteiger charge is -2.43. The van der Waals surface area contributed by atoms with E-state index in [0.717, 1.165) is 19.6 Å². The van der Waals surface area contributed by atoms with E-state index in [2.05, 4.69) is 28.9 Å². The molecule has 1 heterocycles. The van der Waals surface area contributed by atoms with Crippen molar-refractivity contribution in [1.29, 1.82) is 0 Å². The first-order chi connectivity index (χ1) is 5.65. The van der Waals surface area contributed by atoms with E-state index in [-0.39, 0.29) is 0 Å². The summed E-state index contributed by atoms with van der Waals surface area (Å²) in [6, 6.07) is 0.649. The zero-order valence-electron chi connectivity index (χ0n) is 8.12. The average Bonchev–Trinajstić information content (AvgIpc) is 1.82. The van der Waals surface area contributed by atoms with Gasteiger partial charge in [0.2, 0.25) is 0 Å². The SMILES string of the molecule is CCN=C(N)N1CC(N(C)C)C1. The third-order valence-electron chi connectivity index (χ3n) is 2.24. The van der Waals surface area contributed by atoms with Crippen molar-refractivity contribution in [3.63, 3.8) is 0 Å². The third-order valence-corrected chi connectivity index (χ3v) is 2.24. The molecule has 0 atom stereocenters. The van der Waals surface area contributed by atoms with E-state index in [9.17, 15) is 0 Å². The number of hydrogen-bond donors (Lipinski definition) is 1. The van der Waals surface area contributed by atoms with Crippen molar-refractivity contribution in [1.82, 2.24) is 9.80 Å². The molecule has 0 spiro atoms. The van der Waals surface area contributed by atoms with E-state index < -0.39 is 0 Å². The molecule has 1 aliphatic rings. The maximum atomic E-state index is 5.71. The van der Waals surface area contributed by atoms with Gasteiger partial charge in [0.1, 0.15) is 0 Å². The molecule has 0 radical (unpaired) electrons. The fourth-order valence-electron chi connectivity index (χ4n) is 1.23. The standard InChI is InChI=1S/C8H18N4/c1-4-10-8(9)12-5-7(6-12)11(2)3/h7H,4-6H2,1-3H3,(H2,9,10). The van der Waals surface area contributed by atoms with Gasteiger partial charge in [0.15, 0.2) is 5.96 Å². The van der Waals surface area contributed by atoms with Gasteiger partial charge >= 0.3 is 0 Å². The summed E-state index contributed by atoms with van der Waals surface area (Å²) in [6.07, 6.45) is 0. The molecule has 0 aromatic heterocycles. The molecular weight excluding hydrogens is 152 g/mol. The number of likely N-dealkylation sites (N-methyl/N-ethyl adjacent to an activating group) is 1. The molecule has 0 aliphatic carbocycles. The highest BCUT2D eigenvalue weighted by Gasteiger charge is 2.29. The van der Waals surface area contributed by atoms with Crippen molar-refractivity contribution in [2.45, 2.75) is 13.0 Å². The summed E-state index contributed by atoms with van der Waals surface area (Å²) < 4.78 is 0. The first-order valence-corrected chi connectivity index (χ1v) is 4.36. The summed E-state index contributed by atoms with van der Waals surface area (Å²) in [7, 11) is 4.18. The number of hydrogen-bond acceptors (Lipinski definition) is 2. The van der Waals surface area contributed by atoms with E-state index in [1.807, 2.05) is 6.92 Å². The molecule has 0 aromatic rings. The van der Waals surface area contributed by atoms with Gasteiger partial charge in [-0.15, -0.1) is 0 Å². The molecule has 4 heteroatoms. The highest BCUT2D eigenvalue weighted by molar-refractivity contribution is 5.79. The number of aliphatic imine (C=N–C) groups is 1. The van der Waals surface area contributed by atoms with E-state index >= 15 is 0 Å². The normalized spacial score (nSPS) is 20.0. The van der Waals surface area contributed by atoms with Crippen LogP contribution in [-0.2, 0) is 0 Å². The molecule has 1 saturated heterocycles. The van der Waals surface area contributed by atoms with E-state index in [4.69, 9.17) is 5.73 Å². The molecule has 1 fully saturated rings. The predicted octanol–water partition coefficient (Wildman–Crippen LogP) is -0.433. The third kappa shape index (κ3) is 1.88. The molecule has 12 heavy (non-hydrogen) atoms. The fourth-order valence-corrected chi connectivity index (χ4v) is 1.23. The quantitative estimate of drug-likeness (QED) is 0.451. The fraction of sp³-hybridized carbons (Fsp3) is 0.875. The van der Waals surface area contributed by atoms with E-state index in [1.54, 1.807) is 0 Å². The Morgan fingerprint density at radius 2 is 2.17 bits per heavy atom. The summed E-state index contributed by atoms with van der Waals surface area (Å²) in [5.41, 5.74) is 5.71. The van der Waals surface area contributed by atoms with Crippen LogP contribution in [0.2, 0.25) is 0 Å². The maximum absolute atomic E-state index is 5.71. The van der Waals surface area contributed by atoms with Crippen molar-refractivity contribution in [2.24, 2.45) is 10.7 Å². The highest BCUT2D eigenvalue weighted by Crippen LogP contribution is 2.10. The Morgan fingerprint density at radius 1 is 1.58 bits per heavy atom. The zero-order valence-corrected chi connectivity index (χ0v) is 8.12. The average molecular weight is 170 g/mol. The second-order valence-electron chi connectivity index (χ2n) is 3.35. The Balaban J connectivity index is 2.29. The Hall–Kier alpha value is -0.770. The van der Waals surface area contributed by atoms with Gasteiger partial charge in [0, 0.05) is 25.7 Å². The van der Waals surface area contributed by atoms with E-state index in [0.29, 0.717) is 12.0 Å². The lowest BCUT2D eigenvalue weighted by molar-refractivity contribution is 0.123. The molecule has 0 unspecified atom stereocenters. The van der Waals surface area contributed by atoms with Crippen molar-refractivity contribution >= 4 is 5.96 Å². The minimum Gasteiger partial charge on any atom is -0.370 e. The monoisotopic (exact) mass is 170 g/mol. The second kappa shape index (κ2) is 3.76. The lowest BCUT2D eigenvalue weighted by atomic mass is 10.1. The first-order valence-electron chi connectivity index (χ1n) is 4.36. The van der Waals surface area contributed by atoms with Crippen molar-refractivity contribution < 1.29 is 0 Å². The van der Waals surface area contributed by atoms with Crippen molar-refractivity contribution in [3.8, 4) is 0 Å². The topological polar surface area (TPSA) is 44.9 Å². The van der Waals surface area contributed by atoms with E-state index in [1.165, 1.54) is 0 Å². The number of nitrogens with zero attached hydrogens (tertiary/aromatic N) is 3. The van der Waals surface area contributed by atoms with Gasteiger partial charge < -0.3 is 15.5 Å². The van der Waals surface area contributed by atoms with Crippen LogP contribution in [0.15, 0.2) is 4.99 Å². The number of nitrogens with two attached hydrogens (primary N) is 1. The van der Waals surface area contributed by atoms with Gasteiger partial charge in [-0.05, 0) is 21.0 Å². The molecular formula is C8H18N4. The minimum atomic E-state index is 0.649. The Kier molecular flexibility index (Phi) is 2.92. The Labute approximate surface area is 74.0 Å². The summed E-state index contributed by atoms with van der Waals surface area (Å²) in [5.74, 6) is 0.690. The molecule has 1 rings (SSSR count). The van der Waals surface area contributed by atoms with Crippen molar-refractivity contribution in [3.05, 3.63) is 0 Å². The number of rotatable bonds is 2. The van der Waals surface area contributed by atoms with Crippen LogP contribution in [0.3, 0.4) is 0 Å². The molecule has 4 nitrogen and oxygen atoms in total. The summed E-state index contributed by atoms with van der Waals surface area (Å²) in [4.78, 5) is 8.47. The van der Waals surface area contributed by atoms with Crippen LogP contribution in [0.4, 0.5) is 0 Å². The van der Waals surface area contributed by atoms with Gasteiger partial charge in [-0.1, -0.05) is 0 Å². The lowest BCUT2D eigenvalue weighted by Crippen LogP contribution is -2.61. The van der Waals surface area contributed by atoms with Crippen LogP contribution < -0.4 is 5.73 Å². The predicted molar refractivity (Wildman–Crippen MR) is 51.2 cm³/mol. The number of guanidine groups is 1. The Bertz CT molecular complexity index is 170. The van der Waals surface area contributed by atoms with Crippen LogP contribution in [0.25, 0.3) is 0 Å². The molecule has 0 aromatic carbocycles. The van der Waals surface area contributed by atoms with Gasteiger partial charge in [-0.2, -0.15) is 0 Å². The van der Waals surface area contributed by atoms with Gasteiger partial charge in [0.25, 0.3) is 0 Å². The molecule has 0 saturated carbocycles. The molecule has 0 bridgehead atoms. The zero-order chi connectivity index (χ0) is 9.14. The Morgan fingerprint density at radius 3 is 2.58 bits per heavy atom. The molecule has 2 N–H and O–H groups in total. The highest BCUT2D eigenvalue weighted by atomic mass is 15.4. The van der Waals surface area contributed by atoms with Crippen LogP contribution in [0.1, 0.15) is 6.92 Å². The first kappa shape index (κ1) is 9.32. The largest absolute Gasteiger partial charge is 0.370 e. The second-order valence-corrected chi connectivity index (χ2v) is 3.35. The smallest absolute Gasteiger partial charge is 0.191 e. The molecule has 0 amide bonds. The molecule has 1 aliphatic heterocycles. The van der Waals surface area contributed by atoms with Gasteiger partial charge in [-0.3, -0.25) is 4.99 Å². The van der Waals surface area contributed by atoms with Gasteiger partial charge in [-0.25, -0.2) is 0 Å². The van der Waals surface area contributed by atoms with Gasteiger partial charge in [0.05, 0.1) is 0 Å². The maximum Gasteiger partial charge on any atom is 0.191 e. The summed E-state index contributed by atoms with van der Waals surface area (Å²) in [6.45, 7) is 4.80.